The van der Waals surface area contributed by atoms with E-state index in [0.29, 0.717) is 16.5 Å². The van der Waals surface area contributed by atoms with Gasteiger partial charge in [-0.25, -0.2) is 0 Å². The molecular weight excluding hydrogens is 295 g/mol. The summed E-state index contributed by atoms with van der Waals surface area (Å²) in [6.45, 7) is 0. The Hall–Kier alpha value is -1.71. The van der Waals surface area contributed by atoms with Crippen LogP contribution in [0.1, 0.15) is 23.6 Å². The second-order valence-electron chi connectivity index (χ2n) is 4.65. The van der Waals surface area contributed by atoms with Gasteiger partial charge in [-0.05, 0) is 35.9 Å². The topological polar surface area (TPSA) is 44.6 Å². The molecular formula is C15H12Cl2N2O. The van der Waals surface area contributed by atoms with Gasteiger partial charge in [-0.15, -0.1) is 0 Å². The molecule has 1 heterocycles. The summed E-state index contributed by atoms with van der Waals surface area (Å²) in [4.78, 5) is 0. The van der Waals surface area contributed by atoms with Crippen molar-refractivity contribution in [2.45, 2.75) is 12.5 Å². The fourth-order valence-corrected chi connectivity index (χ4v) is 2.56. The second kappa shape index (κ2) is 5.35. The number of hydrazone groups is 1. The van der Waals surface area contributed by atoms with Gasteiger partial charge in [-0.2, -0.15) is 5.10 Å². The Morgan fingerprint density at radius 2 is 1.75 bits per heavy atom. The summed E-state index contributed by atoms with van der Waals surface area (Å²) in [7, 11) is 0. The van der Waals surface area contributed by atoms with Crippen molar-refractivity contribution in [3.63, 3.8) is 0 Å². The first-order valence-corrected chi connectivity index (χ1v) is 6.95. The van der Waals surface area contributed by atoms with Crippen LogP contribution in [0.15, 0.2) is 47.6 Å². The fourth-order valence-electron chi connectivity index (χ4n) is 2.25. The smallest absolute Gasteiger partial charge is 0.121 e. The maximum Gasteiger partial charge on any atom is 0.121 e. The lowest BCUT2D eigenvalue weighted by Gasteiger charge is -2.12. The van der Waals surface area contributed by atoms with Gasteiger partial charge in [-0.3, -0.25) is 0 Å². The van der Waals surface area contributed by atoms with E-state index in [1.807, 2.05) is 24.3 Å². The Bertz CT molecular complexity index is 668. The van der Waals surface area contributed by atoms with E-state index in [-0.39, 0.29) is 11.8 Å². The van der Waals surface area contributed by atoms with Crippen LogP contribution in [0.3, 0.4) is 0 Å². The first-order chi connectivity index (χ1) is 9.63. The zero-order valence-electron chi connectivity index (χ0n) is 10.5. The van der Waals surface area contributed by atoms with Crippen LogP contribution in [0.4, 0.5) is 0 Å². The van der Waals surface area contributed by atoms with Gasteiger partial charge in [-0.1, -0.05) is 35.3 Å². The van der Waals surface area contributed by atoms with Gasteiger partial charge < -0.3 is 10.5 Å². The molecule has 1 aliphatic heterocycles. The van der Waals surface area contributed by atoms with Gasteiger partial charge in [0.2, 0.25) is 0 Å². The van der Waals surface area contributed by atoms with Crippen molar-refractivity contribution in [2.24, 2.45) is 5.10 Å². The lowest BCUT2D eigenvalue weighted by atomic mass is 9.98. The molecule has 0 saturated carbocycles. The van der Waals surface area contributed by atoms with Crippen molar-refractivity contribution < 1.29 is 5.11 Å². The Morgan fingerprint density at radius 3 is 2.50 bits per heavy atom. The molecule has 0 spiro atoms. The van der Waals surface area contributed by atoms with Crippen LogP contribution in [-0.4, -0.2) is 10.8 Å². The number of hydrogen-bond donors (Lipinski definition) is 2. The average Bonchev–Trinajstić information content (AvgIpc) is 2.92. The maximum atomic E-state index is 9.92. The van der Waals surface area contributed by atoms with Crippen LogP contribution >= 0.6 is 23.2 Å². The number of aromatic hydroxyl groups is 1. The maximum absolute atomic E-state index is 9.92. The monoisotopic (exact) mass is 306 g/mol. The minimum atomic E-state index is -0.0700. The number of nitrogens with zero attached hydrogens (tertiary/aromatic N) is 1. The third-order valence-corrected chi connectivity index (χ3v) is 3.78. The van der Waals surface area contributed by atoms with Crippen molar-refractivity contribution in [1.82, 2.24) is 5.43 Å². The van der Waals surface area contributed by atoms with E-state index in [1.165, 1.54) is 0 Å². The van der Waals surface area contributed by atoms with E-state index in [1.54, 1.807) is 18.2 Å². The van der Waals surface area contributed by atoms with Gasteiger partial charge in [0.1, 0.15) is 5.75 Å². The van der Waals surface area contributed by atoms with Crippen LogP contribution in [0.25, 0.3) is 0 Å². The summed E-state index contributed by atoms with van der Waals surface area (Å²) >= 11 is 11.9. The highest BCUT2D eigenvalue weighted by Gasteiger charge is 2.23. The number of hydrogen-bond acceptors (Lipinski definition) is 3. The quantitative estimate of drug-likeness (QED) is 0.876. The summed E-state index contributed by atoms with van der Waals surface area (Å²) in [6, 6.07) is 12.5. The van der Waals surface area contributed by atoms with E-state index in [4.69, 9.17) is 23.2 Å². The van der Waals surface area contributed by atoms with Crippen LogP contribution < -0.4 is 5.43 Å². The molecule has 3 nitrogen and oxygen atoms in total. The standard InChI is InChI=1S/C15H12Cl2N2O/c16-10-3-1-9(2-4-10)13-8-14(19-18-13)12-7-11(17)5-6-15(12)20/h1-7,14,19-20H,8H2/t14-/m0/s1. The lowest BCUT2D eigenvalue weighted by molar-refractivity contribution is 0.455. The molecule has 0 aromatic heterocycles. The Labute approximate surface area is 126 Å². The molecule has 2 aromatic carbocycles. The van der Waals surface area contributed by atoms with Gasteiger partial charge in [0.25, 0.3) is 0 Å². The number of rotatable bonds is 2. The predicted molar refractivity (Wildman–Crippen MR) is 81.6 cm³/mol. The van der Waals surface area contributed by atoms with Crippen molar-refractivity contribution in [2.75, 3.05) is 0 Å². The summed E-state index contributed by atoms with van der Waals surface area (Å²) < 4.78 is 0. The molecule has 20 heavy (non-hydrogen) atoms. The molecule has 0 amide bonds. The summed E-state index contributed by atoms with van der Waals surface area (Å²) in [5, 5.41) is 15.6. The molecule has 3 rings (SSSR count). The van der Waals surface area contributed by atoms with Crippen molar-refractivity contribution >= 4 is 28.9 Å². The molecule has 1 aliphatic rings. The van der Waals surface area contributed by atoms with Gasteiger partial charge in [0.05, 0.1) is 11.8 Å². The number of nitrogens with one attached hydrogen (secondary N) is 1. The Morgan fingerprint density at radius 1 is 1.05 bits per heavy atom. The fraction of sp³-hybridized carbons (Fsp3) is 0.133. The normalized spacial score (nSPS) is 17.7. The highest BCUT2D eigenvalue weighted by atomic mass is 35.5. The minimum Gasteiger partial charge on any atom is -0.508 e. The third kappa shape index (κ3) is 2.60. The van der Waals surface area contributed by atoms with E-state index >= 15 is 0 Å². The van der Waals surface area contributed by atoms with E-state index in [9.17, 15) is 5.11 Å². The van der Waals surface area contributed by atoms with Crippen LogP contribution in [0.5, 0.6) is 5.75 Å². The highest BCUT2D eigenvalue weighted by molar-refractivity contribution is 6.31. The minimum absolute atomic E-state index is 0.0700. The summed E-state index contributed by atoms with van der Waals surface area (Å²) in [5.74, 6) is 0.222. The molecule has 0 saturated heterocycles. The molecule has 102 valence electrons. The van der Waals surface area contributed by atoms with E-state index < -0.39 is 0 Å². The molecule has 2 N–H and O–H groups in total. The SMILES string of the molecule is Oc1ccc(Cl)cc1[C@@H]1CC(c2ccc(Cl)cc2)=NN1. The van der Waals surface area contributed by atoms with Crippen molar-refractivity contribution in [3.05, 3.63) is 63.6 Å². The highest BCUT2D eigenvalue weighted by Crippen LogP contribution is 2.32. The lowest BCUT2D eigenvalue weighted by Crippen LogP contribution is -2.10. The second-order valence-corrected chi connectivity index (χ2v) is 5.53. The molecule has 0 radical (unpaired) electrons. The molecule has 1 atom stereocenters. The van der Waals surface area contributed by atoms with Gasteiger partial charge in [0, 0.05) is 22.0 Å². The van der Waals surface area contributed by atoms with E-state index in [2.05, 4.69) is 10.5 Å². The van der Waals surface area contributed by atoms with Crippen molar-refractivity contribution in [1.29, 1.82) is 0 Å². The first kappa shape index (κ1) is 13.3. The third-order valence-electron chi connectivity index (χ3n) is 3.30. The molecule has 0 unspecified atom stereocenters. The molecule has 0 bridgehead atoms. The molecule has 0 fully saturated rings. The molecule has 2 aromatic rings. The van der Waals surface area contributed by atoms with Crippen LogP contribution in [-0.2, 0) is 0 Å². The molecule has 0 aliphatic carbocycles. The van der Waals surface area contributed by atoms with Gasteiger partial charge >= 0.3 is 0 Å². The largest absolute Gasteiger partial charge is 0.508 e. The van der Waals surface area contributed by atoms with Gasteiger partial charge in [0.15, 0.2) is 0 Å². The number of phenolic OH excluding ortho intramolecular Hbond substituents is 1. The van der Waals surface area contributed by atoms with Crippen molar-refractivity contribution in [3.8, 4) is 5.75 Å². The average molecular weight is 307 g/mol. The zero-order valence-corrected chi connectivity index (χ0v) is 12.0. The van der Waals surface area contributed by atoms with Crippen LogP contribution in [0.2, 0.25) is 10.0 Å². The predicted octanol–water partition coefficient (Wildman–Crippen LogP) is 4.14. The number of phenols is 1. The first-order valence-electron chi connectivity index (χ1n) is 6.20. The zero-order chi connectivity index (χ0) is 14.1. The number of benzene rings is 2. The molecule has 5 heteroatoms. The van der Waals surface area contributed by atoms with E-state index in [0.717, 1.165) is 16.8 Å². The summed E-state index contributed by atoms with van der Waals surface area (Å²) in [6.07, 6.45) is 0.690. The summed E-state index contributed by atoms with van der Waals surface area (Å²) in [5.41, 5.74) is 5.75. The Kier molecular flexibility index (Phi) is 3.55. The van der Waals surface area contributed by atoms with Crippen LogP contribution in [0, 0.1) is 0 Å². The Balaban J connectivity index is 1.82. The number of halogens is 2.